The van der Waals surface area contributed by atoms with Gasteiger partial charge < -0.3 is 9.84 Å². The standard InChI is InChI=1S/C17H21N3O3/c21-16-14-5-2-1-4-13(14)15(17(22)19-16)12-18-6-3-7-20-8-10-23-11-9-20/h1-2,4-5,12H,3,6-11H2,(H2,19,21,22). The second-order valence-electron chi connectivity index (χ2n) is 5.60. The van der Waals surface area contributed by atoms with Crippen molar-refractivity contribution < 1.29 is 9.84 Å². The van der Waals surface area contributed by atoms with Gasteiger partial charge in [-0.1, -0.05) is 18.2 Å². The van der Waals surface area contributed by atoms with Crippen molar-refractivity contribution in [2.24, 2.45) is 4.99 Å². The van der Waals surface area contributed by atoms with Crippen LogP contribution in [-0.2, 0) is 4.74 Å². The first-order valence-corrected chi connectivity index (χ1v) is 7.89. The van der Waals surface area contributed by atoms with Crippen LogP contribution in [0, 0.1) is 0 Å². The van der Waals surface area contributed by atoms with E-state index >= 15 is 0 Å². The van der Waals surface area contributed by atoms with Gasteiger partial charge in [0.25, 0.3) is 5.56 Å². The van der Waals surface area contributed by atoms with Gasteiger partial charge in [0.05, 0.1) is 18.8 Å². The van der Waals surface area contributed by atoms with Gasteiger partial charge in [-0.05, 0) is 12.5 Å². The molecule has 0 spiro atoms. The summed E-state index contributed by atoms with van der Waals surface area (Å²) >= 11 is 0. The number of pyridine rings is 1. The molecule has 0 bridgehead atoms. The van der Waals surface area contributed by atoms with Crippen LogP contribution in [0.4, 0.5) is 0 Å². The zero-order valence-corrected chi connectivity index (χ0v) is 13.0. The molecule has 6 nitrogen and oxygen atoms in total. The molecule has 122 valence electrons. The number of fused-ring (bicyclic) bond motifs is 1. The van der Waals surface area contributed by atoms with E-state index in [9.17, 15) is 9.90 Å². The molecule has 0 radical (unpaired) electrons. The molecular formula is C17H21N3O3. The van der Waals surface area contributed by atoms with E-state index in [0.717, 1.165) is 39.3 Å². The Morgan fingerprint density at radius 2 is 2.00 bits per heavy atom. The summed E-state index contributed by atoms with van der Waals surface area (Å²) in [5.41, 5.74) is 0.272. The summed E-state index contributed by atoms with van der Waals surface area (Å²) in [6.07, 6.45) is 2.60. The molecule has 6 heteroatoms. The molecule has 1 saturated heterocycles. The first-order chi connectivity index (χ1) is 11.3. The molecule has 1 aromatic heterocycles. The van der Waals surface area contributed by atoms with Crippen LogP contribution in [0.3, 0.4) is 0 Å². The zero-order chi connectivity index (χ0) is 16.1. The van der Waals surface area contributed by atoms with Gasteiger partial charge in [-0.25, -0.2) is 0 Å². The Labute approximate surface area is 134 Å². The van der Waals surface area contributed by atoms with Crippen molar-refractivity contribution in [1.29, 1.82) is 0 Å². The summed E-state index contributed by atoms with van der Waals surface area (Å²) in [5.74, 6) is -0.134. The smallest absolute Gasteiger partial charge is 0.258 e. The predicted octanol–water partition coefficient (Wildman–Crippen LogP) is 1.37. The topological polar surface area (TPSA) is 77.9 Å². The van der Waals surface area contributed by atoms with Crippen LogP contribution in [0.2, 0.25) is 0 Å². The molecule has 1 fully saturated rings. The lowest BCUT2D eigenvalue weighted by atomic mass is 10.1. The summed E-state index contributed by atoms with van der Waals surface area (Å²) in [6, 6.07) is 7.21. The number of hydrogen-bond acceptors (Lipinski definition) is 5. The van der Waals surface area contributed by atoms with E-state index in [1.54, 1.807) is 18.3 Å². The van der Waals surface area contributed by atoms with Gasteiger partial charge in [-0.2, -0.15) is 0 Å². The van der Waals surface area contributed by atoms with Crippen LogP contribution in [0.1, 0.15) is 12.0 Å². The maximum Gasteiger partial charge on any atom is 0.258 e. The number of benzene rings is 1. The Bertz CT molecular complexity index is 748. The number of ether oxygens (including phenoxy) is 1. The van der Waals surface area contributed by atoms with Crippen LogP contribution in [0.15, 0.2) is 34.1 Å². The van der Waals surface area contributed by atoms with Gasteiger partial charge >= 0.3 is 0 Å². The van der Waals surface area contributed by atoms with E-state index in [1.165, 1.54) is 0 Å². The first kappa shape index (κ1) is 15.7. The molecule has 0 atom stereocenters. The minimum absolute atomic E-state index is 0.134. The van der Waals surface area contributed by atoms with E-state index in [0.29, 0.717) is 22.9 Å². The van der Waals surface area contributed by atoms with Crippen LogP contribution in [0.25, 0.3) is 10.8 Å². The Kier molecular flexibility index (Phi) is 5.05. The Morgan fingerprint density at radius 1 is 1.26 bits per heavy atom. The zero-order valence-electron chi connectivity index (χ0n) is 13.0. The minimum Gasteiger partial charge on any atom is -0.494 e. The predicted molar refractivity (Wildman–Crippen MR) is 90.6 cm³/mol. The third-order valence-corrected chi connectivity index (χ3v) is 4.03. The monoisotopic (exact) mass is 315 g/mol. The fourth-order valence-electron chi connectivity index (χ4n) is 2.78. The van der Waals surface area contributed by atoms with Crippen molar-refractivity contribution >= 4 is 17.0 Å². The molecule has 2 aromatic rings. The first-order valence-electron chi connectivity index (χ1n) is 7.89. The van der Waals surface area contributed by atoms with E-state index in [4.69, 9.17) is 4.74 Å². The molecule has 2 N–H and O–H groups in total. The number of hydrogen-bond donors (Lipinski definition) is 2. The highest BCUT2D eigenvalue weighted by molar-refractivity contribution is 6.01. The summed E-state index contributed by atoms with van der Waals surface area (Å²) in [5, 5.41) is 11.3. The fourth-order valence-corrected chi connectivity index (χ4v) is 2.78. The van der Waals surface area contributed by atoms with Gasteiger partial charge in [0, 0.05) is 43.2 Å². The Morgan fingerprint density at radius 3 is 2.78 bits per heavy atom. The molecular weight excluding hydrogens is 294 g/mol. The maximum absolute atomic E-state index is 11.8. The van der Waals surface area contributed by atoms with E-state index in [2.05, 4.69) is 14.9 Å². The minimum atomic E-state index is -0.289. The molecule has 1 aliphatic heterocycles. The maximum atomic E-state index is 11.8. The van der Waals surface area contributed by atoms with Gasteiger partial charge in [-0.15, -0.1) is 0 Å². The van der Waals surface area contributed by atoms with Crippen LogP contribution in [0.5, 0.6) is 5.88 Å². The van der Waals surface area contributed by atoms with E-state index in [-0.39, 0.29) is 11.4 Å². The number of aromatic amines is 1. The SMILES string of the molecule is O=c1[nH]c(O)c(C=NCCCN2CCOCC2)c2ccccc12. The number of morpholine rings is 1. The molecule has 0 aliphatic carbocycles. The number of nitrogens with one attached hydrogen (secondary N) is 1. The molecule has 1 aromatic carbocycles. The third kappa shape index (κ3) is 3.78. The van der Waals surface area contributed by atoms with Crippen molar-refractivity contribution in [2.75, 3.05) is 39.4 Å². The van der Waals surface area contributed by atoms with E-state index in [1.807, 2.05) is 12.1 Å². The number of aromatic hydroxyl groups is 1. The quantitative estimate of drug-likeness (QED) is 0.645. The van der Waals surface area contributed by atoms with Crippen molar-refractivity contribution in [2.45, 2.75) is 6.42 Å². The van der Waals surface area contributed by atoms with E-state index < -0.39 is 0 Å². The Balaban J connectivity index is 1.65. The van der Waals surface area contributed by atoms with Crippen LogP contribution < -0.4 is 5.56 Å². The molecule has 0 saturated carbocycles. The molecule has 0 unspecified atom stereocenters. The van der Waals surface area contributed by atoms with Crippen molar-refractivity contribution in [3.63, 3.8) is 0 Å². The van der Waals surface area contributed by atoms with Gasteiger partial charge in [0.1, 0.15) is 0 Å². The van der Waals surface area contributed by atoms with Crippen molar-refractivity contribution in [3.8, 4) is 5.88 Å². The average Bonchev–Trinajstić information content (AvgIpc) is 2.58. The highest BCUT2D eigenvalue weighted by Gasteiger charge is 2.10. The second-order valence-corrected chi connectivity index (χ2v) is 5.60. The van der Waals surface area contributed by atoms with Crippen LogP contribution in [-0.4, -0.2) is 60.6 Å². The summed E-state index contributed by atoms with van der Waals surface area (Å²) in [4.78, 5) is 21.1. The van der Waals surface area contributed by atoms with Crippen molar-refractivity contribution in [3.05, 3.63) is 40.2 Å². The lowest BCUT2D eigenvalue weighted by Gasteiger charge is -2.26. The highest BCUT2D eigenvalue weighted by atomic mass is 16.5. The van der Waals surface area contributed by atoms with Crippen LogP contribution >= 0.6 is 0 Å². The Hall–Kier alpha value is -2.18. The molecule has 2 heterocycles. The highest BCUT2D eigenvalue weighted by Crippen LogP contribution is 2.20. The molecule has 1 aliphatic rings. The third-order valence-electron chi connectivity index (χ3n) is 4.03. The molecule has 23 heavy (non-hydrogen) atoms. The normalized spacial score (nSPS) is 16.3. The number of rotatable bonds is 5. The lowest BCUT2D eigenvalue weighted by Crippen LogP contribution is -2.37. The summed E-state index contributed by atoms with van der Waals surface area (Å²) < 4.78 is 5.32. The second kappa shape index (κ2) is 7.39. The largest absolute Gasteiger partial charge is 0.494 e. The number of H-pyrrole nitrogens is 1. The average molecular weight is 315 g/mol. The number of aliphatic imine (C=N–C) groups is 1. The molecule has 3 rings (SSSR count). The lowest BCUT2D eigenvalue weighted by molar-refractivity contribution is 0.0377. The summed E-state index contributed by atoms with van der Waals surface area (Å²) in [6.45, 7) is 5.26. The number of nitrogens with zero attached hydrogens (tertiary/aromatic N) is 2. The molecule has 0 amide bonds. The van der Waals surface area contributed by atoms with Crippen molar-refractivity contribution in [1.82, 2.24) is 9.88 Å². The fraction of sp³-hybridized carbons (Fsp3) is 0.412. The van der Waals surface area contributed by atoms with Gasteiger partial charge in [-0.3, -0.25) is 19.7 Å². The number of aromatic nitrogens is 1. The summed E-state index contributed by atoms with van der Waals surface area (Å²) in [7, 11) is 0. The van der Waals surface area contributed by atoms with Gasteiger partial charge in [0.15, 0.2) is 0 Å². The van der Waals surface area contributed by atoms with Gasteiger partial charge in [0.2, 0.25) is 5.88 Å².